The second-order valence-electron chi connectivity index (χ2n) is 7.38. The van der Waals surface area contributed by atoms with Gasteiger partial charge in [-0.15, -0.1) is 0 Å². The number of benzene rings is 2. The Balaban J connectivity index is 1.46. The molecule has 6 nitrogen and oxygen atoms in total. The fourth-order valence-electron chi connectivity index (χ4n) is 3.64. The summed E-state index contributed by atoms with van der Waals surface area (Å²) in [6.45, 7) is 5.31. The van der Waals surface area contributed by atoms with Crippen LogP contribution in [0, 0.1) is 6.92 Å². The summed E-state index contributed by atoms with van der Waals surface area (Å²) in [5.74, 6) is -0.139. The highest BCUT2D eigenvalue weighted by molar-refractivity contribution is 5.99. The topological polar surface area (TPSA) is 67.2 Å². The number of nitrogens with zero attached hydrogens (tertiary/aromatic N) is 3. The zero-order valence-electron chi connectivity index (χ0n) is 16.6. The minimum Gasteiger partial charge on any atom is -0.347 e. The second-order valence-corrected chi connectivity index (χ2v) is 7.38. The van der Waals surface area contributed by atoms with Crippen molar-refractivity contribution in [3.63, 3.8) is 0 Å². The first-order valence-corrected chi connectivity index (χ1v) is 9.84. The van der Waals surface area contributed by atoms with Gasteiger partial charge in [-0.05, 0) is 49.2 Å². The Morgan fingerprint density at radius 3 is 2.76 bits per heavy atom. The van der Waals surface area contributed by atoms with Gasteiger partial charge in [0, 0.05) is 42.5 Å². The van der Waals surface area contributed by atoms with Crippen molar-refractivity contribution in [2.24, 2.45) is 0 Å². The van der Waals surface area contributed by atoms with Crippen molar-refractivity contribution in [3.05, 3.63) is 72.1 Å². The number of carbonyl (C=O) groups is 2. The standard InChI is InChI=1S/C23H24N4O2/c1-3-26-14-19(13-24-26)17-7-5-8-18(11-17)23(29)25-20-12-22(28)27(15-20)21-9-4-6-16(2)10-21/h4-11,13-14,20H,3,12,15H2,1-2H3,(H,25,29). The number of hydrogen-bond acceptors (Lipinski definition) is 3. The van der Waals surface area contributed by atoms with Crippen LogP contribution in [0.3, 0.4) is 0 Å². The van der Waals surface area contributed by atoms with Crippen LogP contribution in [-0.2, 0) is 11.3 Å². The van der Waals surface area contributed by atoms with Gasteiger partial charge in [0.1, 0.15) is 0 Å². The lowest BCUT2D eigenvalue weighted by Gasteiger charge is -2.18. The maximum Gasteiger partial charge on any atom is 0.251 e. The van der Waals surface area contributed by atoms with Crippen LogP contribution in [0.2, 0.25) is 0 Å². The summed E-state index contributed by atoms with van der Waals surface area (Å²) < 4.78 is 1.85. The molecule has 0 spiro atoms. The second kappa shape index (κ2) is 7.91. The summed E-state index contributed by atoms with van der Waals surface area (Å²) in [6, 6.07) is 15.1. The van der Waals surface area contributed by atoms with Gasteiger partial charge < -0.3 is 10.2 Å². The van der Waals surface area contributed by atoms with Crippen molar-refractivity contribution in [1.82, 2.24) is 15.1 Å². The molecule has 148 valence electrons. The SMILES string of the molecule is CCn1cc(-c2cccc(C(=O)NC3CC(=O)N(c4cccc(C)c4)C3)c2)cn1. The number of aromatic nitrogens is 2. The van der Waals surface area contributed by atoms with E-state index in [1.807, 2.05) is 67.2 Å². The molecule has 1 fully saturated rings. The molecular formula is C23H24N4O2. The molecule has 0 aliphatic carbocycles. The average Bonchev–Trinajstić information content (AvgIpc) is 3.34. The Bertz CT molecular complexity index is 1060. The number of aryl methyl sites for hydroxylation is 2. The number of hydrogen-bond donors (Lipinski definition) is 1. The summed E-state index contributed by atoms with van der Waals surface area (Å²) in [5.41, 5.74) is 4.48. The molecule has 2 amide bonds. The normalized spacial score (nSPS) is 16.3. The lowest BCUT2D eigenvalue weighted by atomic mass is 10.1. The molecule has 1 aromatic heterocycles. The molecule has 1 unspecified atom stereocenters. The van der Waals surface area contributed by atoms with Crippen LogP contribution < -0.4 is 10.2 Å². The van der Waals surface area contributed by atoms with E-state index in [-0.39, 0.29) is 17.9 Å². The lowest BCUT2D eigenvalue weighted by Crippen LogP contribution is -2.37. The van der Waals surface area contributed by atoms with Gasteiger partial charge in [-0.2, -0.15) is 5.10 Å². The number of rotatable bonds is 5. The van der Waals surface area contributed by atoms with E-state index in [4.69, 9.17) is 0 Å². The summed E-state index contributed by atoms with van der Waals surface area (Å²) >= 11 is 0. The van der Waals surface area contributed by atoms with Gasteiger partial charge >= 0.3 is 0 Å². The van der Waals surface area contributed by atoms with Crippen molar-refractivity contribution in [2.75, 3.05) is 11.4 Å². The predicted octanol–water partition coefficient (Wildman–Crippen LogP) is 3.41. The zero-order valence-corrected chi connectivity index (χ0v) is 16.6. The first kappa shape index (κ1) is 18.9. The largest absolute Gasteiger partial charge is 0.347 e. The molecule has 1 N–H and O–H groups in total. The highest BCUT2D eigenvalue weighted by Crippen LogP contribution is 2.23. The number of amides is 2. The molecule has 2 aromatic carbocycles. The van der Waals surface area contributed by atoms with Crippen LogP contribution in [0.5, 0.6) is 0 Å². The first-order valence-electron chi connectivity index (χ1n) is 9.84. The van der Waals surface area contributed by atoms with Crippen LogP contribution in [0.4, 0.5) is 5.69 Å². The van der Waals surface area contributed by atoms with E-state index in [0.29, 0.717) is 18.5 Å². The molecule has 4 rings (SSSR count). The molecule has 0 radical (unpaired) electrons. The van der Waals surface area contributed by atoms with Gasteiger partial charge in [0.2, 0.25) is 5.91 Å². The van der Waals surface area contributed by atoms with Crippen LogP contribution in [0.25, 0.3) is 11.1 Å². The van der Waals surface area contributed by atoms with E-state index >= 15 is 0 Å². The van der Waals surface area contributed by atoms with Crippen molar-refractivity contribution in [1.29, 1.82) is 0 Å². The predicted molar refractivity (Wildman–Crippen MR) is 113 cm³/mol. The third-order valence-electron chi connectivity index (χ3n) is 5.19. The molecule has 1 atom stereocenters. The van der Waals surface area contributed by atoms with E-state index in [1.165, 1.54) is 0 Å². The molecule has 29 heavy (non-hydrogen) atoms. The van der Waals surface area contributed by atoms with Crippen molar-refractivity contribution in [2.45, 2.75) is 32.9 Å². The monoisotopic (exact) mass is 388 g/mol. The smallest absolute Gasteiger partial charge is 0.251 e. The third kappa shape index (κ3) is 4.06. The number of carbonyl (C=O) groups excluding carboxylic acids is 2. The molecule has 1 aliphatic heterocycles. The lowest BCUT2D eigenvalue weighted by molar-refractivity contribution is -0.117. The average molecular weight is 388 g/mol. The molecule has 1 aliphatic rings. The van der Waals surface area contributed by atoms with Crippen molar-refractivity contribution in [3.8, 4) is 11.1 Å². The summed E-state index contributed by atoms with van der Waals surface area (Å²) in [5, 5.41) is 7.31. The minimum atomic E-state index is -0.206. The summed E-state index contributed by atoms with van der Waals surface area (Å²) in [7, 11) is 0. The van der Waals surface area contributed by atoms with Crippen molar-refractivity contribution >= 4 is 17.5 Å². The summed E-state index contributed by atoms with van der Waals surface area (Å²) in [4.78, 5) is 27.0. The third-order valence-corrected chi connectivity index (χ3v) is 5.19. The fraction of sp³-hybridized carbons (Fsp3) is 0.261. The summed E-state index contributed by atoms with van der Waals surface area (Å²) in [6.07, 6.45) is 4.07. The van der Waals surface area contributed by atoms with Gasteiger partial charge in [-0.25, -0.2) is 0 Å². The Morgan fingerprint density at radius 1 is 1.17 bits per heavy atom. The van der Waals surface area contributed by atoms with E-state index in [2.05, 4.69) is 10.4 Å². The van der Waals surface area contributed by atoms with Crippen LogP contribution in [0.1, 0.15) is 29.3 Å². The van der Waals surface area contributed by atoms with Gasteiger partial charge in [-0.1, -0.05) is 24.3 Å². The van der Waals surface area contributed by atoms with Crippen molar-refractivity contribution < 1.29 is 9.59 Å². The Labute approximate surface area is 170 Å². The highest BCUT2D eigenvalue weighted by atomic mass is 16.2. The molecule has 1 saturated heterocycles. The molecule has 0 bridgehead atoms. The molecule has 6 heteroatoms. The van der Waals surface area contributed by atoms with Gasteiger partial charge in [0.05, 0.1) is 12.2 Å². The molecule has 0 saturated carbocycles. The van der Waals surface area contributed by atoms with Gasteiger partial charge in [-0.3, -0.25) is 14.3 Å². The number of anilines is 1. The van der Waals surface area contributed by atoms with E-state index in [1.54, 1.807) is 17.2 Å². The Hall–Kier alpha value is -3.41. The fourth-order valence-corrected chi connectivity index (χ4v) is 3.64. The van der Waals surface area contributed by atoms with Crippen LogP contribution in [-0.4, -0.2) is 34.2 Å². The van der Waals surface area contributed by atoms with Gasteiger partial charge in [0.25, 0.3) is 5.91 Å². The van der Waals surface area contributed by atoms with E-state index in [9.17, 15) is 9.59 Å². The zero-order chi connectivity index (χ0) is 20.4. The maximum absolute atomic E-state index is 12.8. The molecular weight excluding hydrogens is 364 g/mol. The Kier molecular flexibility index (Phi) is 5.16. The maximum atomic E-state index is 12.8. The minimum absolute atomic E-state index is 0.0293. The first-order chi connectivity index (χ1) is 14.0. The van der Waals surface area contributed by atoms with E-state index in [0.717, 1.165) is 28.9 Å². The van der Waals surface area contributed by atoms with Crippen LogP contribution >= 0.6 is 0 Å². The van der Waals surface area contributed by atoms with E-state index < -0.39 is 0 Å². The highest BCUT2D eigenvalue weighted by Gasteiger charge is 2.31. The van der Waals surface area contributed by atoms with Gasteiger partial charge in [0.15, 0.2) is 0 Å². The quantitative estimate of drug-likeness (QED) is 0.728. The Morgan fingerprint density at radius 2 is 2.00 bits per heavy atom. The molecule has 2 heterocycles. The molecule has 3 aromatic rings. The number of nitrogens with one attached hydrogen (secondary N) is 1. The van der Waals surface area contributed by atoms with Crippen LogP contribution in [0.15, 0.2) is 60.9 Å².